The summed E-state index contributed by atoms with van der Waals surface area (Å²) in [4.78, 5) is 13.7. The lowest BCUT2D eigenvalue weighted by Crippen LogP contribution is -2.44. The molecule has 1 saturated heterocycles. The number of amides is 2. The Labute approximate surface area is 140 Å². The Hall–Kier alpha value is -2.42. The first kappa shape index (κ1) is 16.4. The van der Waals surface area contributed by atoms with Gasteiger partial charge in [0.2, 0.25) is 0 Å². The number of para-hydroxylation sites is 1. The lowest BCUT2D eigenvalue weighted by Gasteiger charge is -2.23. The molecule has 24 heavy (non-hydrogen) atoms. The van der Waals surface area contributed by atoms with Gasteiger partial charge >= 0.3 is 6.03 Å². The second kappa shape index (κ2) is 6.60. The first-order chi connectivity index (χ1) is 11.5. The van der Waals surface area contributed by atoms with E-state index in [1.807, 2.05) is 30.3 Å². The summed E-state index contributed by atoms with van der Waals surface area (Å²) in [6.45, 7) is 0.206. The van der Waals surface area contributed by atoms with Gasteiger partial charge in [-0.1, -0.05) is 18.2 Å². The van der Waals surface area contributed by atoms with Gasteiger partial charge in [-0.25, -0.2) is 13.2 Å². The minimum absolute atomic E-state index is 0.0249. The second-order valence-corrected chi connectivity index (χ2v) is 8.01. The number of rotatable bonds is 4. The fraction of sp³-hybridized carbons (Fsp3) is 0.400. The first-order valence-electron chi connectivity index (χ1n) is 7.62. The maximum atomic E-state index is 12.2. The van der Waals surface area contributed by atoms with Crippen LogP contribution >= 0.6 is 0 Å². The Bertz CT molecular complexity index is 819. The summed E-state index contributed by atoms with van der Waals surface area (Å²) >= 11 is 0. The van der Waals surface area contributed by atoms with Gasteiger partial charge in [-0.15, -0.1) is 10.2 Å². The molecule has 1 aliphatic heterocycles. The zero-order chi connectivity index (χ0) is 17.2. The van der Waals surface area contributed by atoms with Crippen LogP contribution in [-0.4, -0.2) is 58.7 Å². The summed E-state index contributed by atoms with van der Waals surface area (Å²) in [5, 5.41) is 10.7. The molecule has 2 amide bonds. The van der Waals surface area contributed by atoms with Crippen molar-refractivity contribution in [2.75, 3.05) is 18.6 Å². The van der Waals surface area contributed by atoms with Crippen LogP contribution in [0.15, 0.2) is 36.7 Å². The first-order valence-corrected chi connectivity index (χ1v) is 9.44. The molecular formula is C15H19N5O3S. The van der Waals surface area contributed by atoms with E-state index in [-0.39, 0.29) is 30.1 Å². The van der Waals surface area contributed by atoms with Gasteiger partial charge in [0, 0.05) is 18.8 Å². The molecule has 2 heterocycles. The van der Waals surface area contributed by atoms with Crippen LogP contribution in [-0.2, 0) is 16.4 Å². The highest BCUT2D eigenvalue weighted by Crippen LogP contribution is 2.16. The zero-order valence-electron chi connectivity index (χ0n) is 13.3. The SMILES string of the molecule is CN(C(=O)NCc1nncn1-c1ccccc1)[C@H]1CCS(=O)(=O)C1. The third-order valence-corrected chi connectivity index (χ3v) is 5.88. The number of benzene rings is 1. The molecule has 1 fully saturated rings. The number of nitrogens with one attached hydrogen (secondary N) is 1. The third kappa shape index (κ3) is 3.56. The number of aromatic nitrogens is 3. The molecule has 1 N–H and O–H groups in total. The van der Waals surface area contributed by atoms with Crippen molar-refractivity contribution in [3.63, 3.8) is 0 Å². The van der Waals surface area contributed by atoms with Gasteiger partial charge in [0.05, 0.1) is 18.1 Å². The molecule has 0 aliphatic carbocycles. The summed E-state index contributed by atoms with van der Waals surface area (Å²) < 4.78 is 24.9. The van der Waals surface area contributed by atoms with Crippen molar-refractivity contribution in [1.82, 2.24) is 25.0 Å². The van der Waals surface area contributed by atoms with E-state index in [0.717, 1.165) is 5.69 Å². The summed E-state index contributed by atoms with van der Waals surface area (Å²) in [5.41, 5.74) is 0.905. The number of carbonyl (C=O) groups excluding carboxylic acids is 1. The van der Waals surface area contributed by atoms with Crippen LogP contribution in [0.2, 0.25) is 0 Å². The second-order valence-electron chi connectivity index (χ2n) is 5.78. The molecule has 2 aromatic rings. The summed E-state index contributed by atoms with van der Waals surface area (Å²) in [7, 11) is -1.41. The third-order valence-electron chi connectivity index (χ3n) is 4.13. The molecule has 8 nitrogen and oxygen atoms in total. The van der Waals surface area contributed by atoms with E-state index in [2.05, 4.69) is 15.5 Å². The van der Waals surface area contributed by atoms with Crippen molar-refractivity contribution < 1.29 is 13.2 Å². The number of carbonyl (C=O) groups is 1. The number of urea groups is 1. The average Bonchev–Trinajstić information content (AvgIpc) is 3.18. The maximum absolute atomic E-state index is 12.2. The van der Waals surface area contributed by atoms with E-state index in [9.17, 15) is 13.2 Å². The van der Waals surface area contributed by atoms with Crippen LogP contribution in [0.5, 0.6) is 0 Å². The Kier molecular flexibility index (Phi) is 4.52. The molecule has 0 bridgehead atoms. The molecule has 1 aromatic heterocycles. The predicted octanol–water partition coefficient (Wildman–Crippen LogP) is 0.596. The predicted molar refractivity (Wildman–Crippen MR) is 88.4 cm³/mol. The van der Waals surface area contributed by atoms with E-state index in [0.29, 0.717) is 12.2 Å². The lowest BCUT2D eigenvalue weighted by atomic mass is 10.2. The van der Waals surface area contributed by atoms with Gasteiger partial charge in [-0.2, -0.15) is 0 Å². The molecule has 1 aromatic carbocycles. The van der Waals surface area contributed by atoms with Crippen LogP contribution in [0.4, 0.5) is 4.79 Å². The highest BCUT2D eigenvalue weighted by atomic mass is 32.2. The van der Waals surface area contributed by atoms with Crippen molar-refractivity contribution in [3.05, 3.63) is 42.5 Å². The number of nitrogens with zero attached hydrogens (tertiary/aromatic N) is 4. The van der Waals surface area contributed by atoms with Crippen LogP contribution in [0.25, 0.3) is 5.69 Å². The Morgan fingerprint density at radius 1 is 1.38 bits per heavy atom. The van der Waals surface area contributed by atoms with Gasteiger partial charge in [0.1, 0.15) is 6.33 Å². The molecule has 3 rings (SSSR count). The average molecular weight is 349 g/mol. The van der Waals surface area contributed by atoms with E-state index in [1.54, 1.807) is 17.9 Å². The van der Waals surface area contributed by atoms with Crippen molar-refractivity contribution >= 4 is 15.9 Å². The summed E-state index contributed by atoms with van der Waals surface area (Å²) in [5.74, 6) is 0.761. The minimum atomic E-state index is -3.02. The molecule has 1 aliphatic rings. The van der Waals surface area contributed by atoms with Gasteiger partial charge in [0.25, 0.3) is 0 Å². The number of sulfone groups is 1. The Balaban J connectivity index is 1.62. The maximum Gasteiger partial charge on any atom is 0.317 e. The lowest BCUT2D eigenvalue weighted by molar-refractivity contribution is 0.194. The highest BCUT2D eigenvalue weighted by molar-refractivity contribution is 7.91. The standard InChI is InChI=1S/C15H19N5O3S/c1-19(13-7-8-24(22,23)10-13)15(21)16-9-14-18-17-11-20(14)12-5-3-2-4-6-12/h2-6,11,13H,7-10H2,1H3,(H,16,21)/t13-/m0/s1. The Morgan fingerprint density at radius 2 is 2.12 bits per heavy atom. The smallest absolute Gasteiger partial charge is 0.317 e. The number of hydrogen-bond donors (Lipinski definition) is 1. The monoisotopic (exact) mass is 349 g/mol. The van der Waals surface area contributed by atoms with E-state index in [4.69, 9.17) is 0 Å². The van der Waals surface area contributed by atoms with Gasteiger partial charge in [-0.3, -0.25) is 4.57 Å². The van der Waals surface area contributed by atoms with Gasteiger partial charge in [0.15, 0.2) is 15.7 Å². The van der Waals surface area contributed by atoms with E-state index in [1.165, 1.54) is 4.90 Å². The normalized spacial score (nSPS) is 19.1. The minimum Gasteiger partial charge on any atom is -0.331 e. The quantitative estimate of drug-likeness (QED) is 0.871. The fourth-order valence-corrected chi connectivity index (χ4v) is 4.48. The van der Waals surface area contributed by atoms with Crippen LogP contribution in [0, 0.1) is 0 Å². The molecule has 0 spiro atoms. The van der Waals surface area contributed by atoms with Crippen molar-refractivity contribution in [2.45, 2.75) is 19.0 Å². The molecule has 1 atom stereocenters. The van der Waals surface area contributed by atoms with Crippen LogP contribution < -0.4 is 5.32 Å². The van der Waals surface area contributed by atoms with E-state index < -0.39 is 9.84 Å². The summed E-state index contributed by atoms with van der Waals surface area (Å²) in [6.07, 6.45) is 2.07. The summed E-state index contributed by atoms with van der Waals surface area (Å²) in [6, 6.07) is 8.98. The van der Waals surface area contributed by atoms with Crippen LogP contribution in [0.1, 0.15) is 12.2 Å². The molecule has 0 radical (unpaired) electrons. The molecule has 128 valence electrons. The molecule has 9 heteroatoms. The molecule has 0 unspecified atom stereocenters. The highest BCUT2D eigenvalue weighted by Gasteiger charge is 2.32. The molecular weight excluding hydrogens is 330 g/mol. The van der Waals surface area contributed by atoms with Crippen molar-refractivity contribution in [2.24, 2.45) is 0 Å². The zero-order valence-corrected chi connectivity index (χ0v) is 14.1. The van der Waals surface area contributed by atoms with Crippen LogP contribution in [0.3, 0.4) is 0 Å². The van der Waals surface area contributed by atoms with E-state index >= 15 is 0 Å². The molecule has 0 saturated carbocycles. The fourth-order valence-electron chi connectivity index (χ4n) is 2.71. The van der Waals surface area contributed by atoms with Crippen molar-refractivity contribution in [1.29, 1.82) is 0 Å². The van der Waals surface area contributed by atoms with Gasteiger partial charge in [-0.05, 0) is 18.6 Å². The largest absolute Gasteiger partial charge is 0.331 e. The number of hydrogen-bond acceptors (Lipinski definition) is 5. The van der Waals surface area contributed by atoms with Crippen molar-refractivity contribution in [3.8, 4) is 5.69 Å². The topological polar surface area (TPSA) is 97.2 Å². The Morgan fingerprint density at radius 3 is 2.79 bits per heavy atom. The van der Waals surface area contributed by atoms with Gasteiger partial charge < -0.3 is 10.2 Å².